The predicted octanol–water partition coefficient (Wildman–Crippen LogP) is 3.07. The summed E-state index contributed by atoms with van der Waals surface area (Å²) in [6, 6.07) is 8.24. The molecule has 0 saturated heterocycles. The van der Waals surface area contributed by atoms with Crippen LogP contribution in [0.15, 0.2) is 24.3 Å². The minimum atomic E-state index is -0.759. The molecule has 18 heavy (non-hydrogen) atoms. The first kappa shape index (κ1) is 14.7. The van der Waals surface area contributed by atoms with E-state index < -0.39 is 11.5 Å². The Hall–Kier alpha value is -1.35. The number of carboxylic acid groups (broad SMARTS) is 1. The average molecular weight is 249 g/mol. The molecule has 0 atom stereocenters. The number of rotatable bonds is 6. The molecule has 0 fully saturated rings. The minimum Gasteiger partial charge on any atom is -0.480 e. The minimum absolute atomic E-state index is 0.612. The third kappa shape index (κ3) is 2.91. The first-order chi connectivity index (χ1) is 8.46. The Balaban J connectivity index is 2.88. The van der Waals surface area contributed by atoms with Gasteiger partial charge in [0.2, 0.25) is 0 Å². The fourth-order valence-corrected chi connectivity index (χ4v) is 2.37. The van der Waals surface area contributed by atoms with Gasteiger partial charge in [0.25, 0.3) is 0 Å². The Bertz CT molecular complexity index is 393. The van der Waals surface area contributed by atoms with Crippen molar-refractivity contribution in [2.24, 2.45) is 0 Å². The van der Waals surface area contributed by atoms with Crippen molar-refractivity contribution in [2.75, 3.05) is 7.05 Å². The second-order valence-electron chi connectivity index (χ2n) is 4.89. The Morgan fingerprint density at radius 1 is 1.22 bits per heavy atom. The van der Waals surface area contributed by atoms with Gasteiger partial charge in [-0.25, -0.2) is 0 Å². The highest BCUT2D eigenvalue weighted by Crippen LogP contribution is 2.25. The molecule has 0 radical (unpaired) electrons. The Kier molecular flexibility index (Phi) is 4.91. The summed E-state index contributed by atoms with van der Waals surface area (Å²) in [5.74, 6) is -0.734. The van der Waals surface area contributed by atoms with Crippen LogP contribution in [0.4, 0.5) is 0 Å². The normalized spacial score (nSPS) is 11.8. The van der Waals surface area contributed by atoms with Gasteiger partial charge in [-0.05, 0) is 32.4 Å². The number of carbonyl (C=O) groups is 1. The molecule has 1 N–H and O–H groups in total. The highest BCUT2D eigenvalue weighted by Gasteiger charge is 2.38. The van der Waals surface area contributed by atoms with E-state index in [1.165, 1.54) is 5.56 Å². The summed E-state index contributed by atoms with van der Waals surface area (Å²) in [7, 11) is 1.89. The zero-order valence-electron chi connectivity index (χ0n) is 11.7. The largest absolute Gasteiger partial charge is 0.480 e. The van der Waals surface area contributed by atoms with E-state index in [4.69, 9.17) is 0 Å². The molecule has 0 amide bonds. The average Bonchev–Trinajstić information content (AvgIpc) is 2.34. The molecule has 0 aliphatic rings. The lowest BCUT2D eigenvalue weighted by atomic mass is 9.90. The topological polar surface area (TPSA) is 40.5 Å². The van der Waals surface area contributed by atoms with Crippen LogP contribution in [0, 0.1) is 6.92 Å². The Labute approximate surface area is 109 Å². The Morgan fingerprint density at radius 3 is 2.11 bits per heavy atom. The number of nitrogens with zero attached hydrogens (tertiary/aromatic N) is 1. The smallest absolute Gasteiger partial charge is 0.324 e. The van der Waals surface area contributed by atoms with Crippen LogP contribution in [0.5, 0.6) is 0 Å². The zero-order chi connectivity index (χ0) is 13.8. The molecule has 0 heterocycles. The van der Waals surface area contributed by atoms with Crippen LogP contribution in [0.2, 0.25) is 0 Å². The summed E-state index contributed by atoms with van der Waals surface area (Å²) in [6.45, 7) is 6.58. The van der Waals surface area contributed by atoms with Crippen molar-refractivity contribution in [3.63, 3.8) is 0 Å². The maximum Gasteiger partial charge on any atom is 0.324 e. The molecule has 0 saturated carbocycles. The van der Waals surface area contributed by atoms with Crippen LogP contribution >= 0.6 is 0 Å². The van der Waals surface area contributed by atoms with Crippen molar-refractivity contribution < 1.29 is 9.90 Å². The third-order valence-electron chi connectivity index (χ3n) is 3.84. The van der Waals surface area contributed by atoms with E-state index in [1.54, 1.807) is 0 Å². The molecule has 0 aliphatic heterocycles. The highest BCUT2D eigenvalue weighted by molar-refractivity contribution is 5.78. The lowest BCUT2D eigenvalue weighted by molar-refractivity contribution is -0.151. The molecule has 3 heteroatoms. The number of hydrogen-bond donors (Lipinski definition) is 1. The fourth-order valence-electron chi connectivity index (χ4n) is 2.37. The van der Waals surface area contributed by atoms with Crippen molar-refractivity contribution in [1.29, 1.82) is 0 Å². The van der Waals surface area contributed by atoms with Crippen molar-refractivity contribution in [1.82, 2.24) is 4.90 Å². The Morgan fingerprint density at radius 2 is 1.72 bits per heavy atom. The van der Waals surface area contributed by atoms with Crippen molar-refractivity contribution >= 4 is 5.97 Å². The molecule has 1 aromatic rings. The van der Waals surface area contributed by atoms with Crippen LogP contribution in [0.1, 0.15) is 37.8 Å². The van der Waals surface area contributed by atoms with E-state index in [9.17, 15) is 9.90 Å². The summed E-state index contributed by atoms with van der Waals surface area (Å²) >= 11 is 0. The van der Waals surface area contributed by atoms with Crippen molar-refractivity contribution in [3.05, 3.63) is 35.4 Å². The molecule has 0 aliphatic carbocycles. The summed E-state index contributed by atoms with van der Waals surface area (Å²) in [5.41, 5.74) is 1.61. The summed E-state index contributed by atoms with van der Waals surface area (Å²) in [6.07, 6.45) is 1.22. The second kappa shape index (κ2) is 6.01. The fraction of sp³-hybridized carbons (Fsp3) is 0.533. The van der Waals surface area contributed by atoms with E-state index in [2.05, 4.69) is 24.3 Å². The van der Waals surface area contributed by atoms with Crippen LogP contribution in [0.3, 0.4) is 0 Å². The van der Waals surface area contributed by atoms with E-state index >= 15 is 0 Å². The molecule has 0 bridgehead atoms. The van der Waals surface area contributed by atoms with E-state index in [0.717, 1.165) is 5.56 Å². The first-order valence-corrected chi connectivity index (χ1v) is 6.46. The van der Waals surface area contributed by atoms with Crippen LogP contribution in [-0.2, 0) is 11.3 Å². The van der Waals surface area contributed by atoms with Crippen molar-refractivity contribution in [3.8, 4) is 0 Å². The summed E-state index contributed by atoms with van der Waals surface area (Å²) < 4.78 is 0. The zero-order valence-corrected chi connectivity index (χ0v) is 11.7. The van der Waals surface area contributed by atoms with Gasteiger partial charge < -0.3 is 5.11 Å². The molecule has 0 unspecified atom stereocenters. The van der Waals surface area contributed by atoms with Crippen LogP contribution in [-0.4, -0.2) is 28.6 Å². The van der Waals surface area contributed by atoms with Gasteiger partial charge in [-0.15, -0.1) is 0 Å². The molecule has 0 spiro atoms. The van der Waals surface area contributed by atoms with Gasteiger partial charge in [0.15, 0.2) is 0 Å². The summed E-state index contributed by atoms with van der Waals surface area (Å²) in [5, 5.41) is 9.47. The van der Waals surface area contributed by atoms with E-state index in [0.29, 0.717) is 19.4 Å². The summed E-state index contributed by atoms with van der Waals surface area (Å²) in [4.78, 5) is 13.5. The number of aryl methyl sites for hydroxylation is 1. The predicted molar refractivity (Wildman–Crippen MR) is 73.6 cm³/mol. The van der Waals surface area contributed by atoms with Gasteiger partial charge in [0.1, 0.15) is 5.54 Å². The molecule has 1 aromatic carbocycles. The molecule has 1 rings (SSSR count). The van der Waals surface area contributed by atoms with Gasteiger partial charge in [-0.2, -0.15) is 0 Å². The maximum absolute atomic E-state index is 11.5. The van der Waals surface area contributed by atoms with Gasteiger partial charge >= 0.3 is 5.97 Å². The first-order valence-electron chi connectivity index (χ1n) is 6.46. The van der Waals surface area contributed by atoms with Crippen LogP contribution < -0.4 is 0 Å². The third-order valence-corrected chi connectivity index (χ3v) is 3.84. The molecular formula is C15H23NO2. The monoisotopic (exact) mass is 249 g/mol. The number of carboxylic acids is 1. The standard InChI is InChI=1S/C15H23NO2/c1-5-15(6-2,14(17)18)16(4)11-13-9-7-12(3)8-10-13/h7-10H,5-6,11H2,1-4H3,(H,17,18). The maximum atomic E-state index is 11.5. The number of benzene rings is 1. The van der Waals surface area contributed by atoms with E-state index in [-0.39, 0.29) is 0 Å². The van der Waals surface area contributed by atoms with Crippen LogP contribution in [0.25, 0.3) is 0 Å². The van der Waals surface area contributed by atoms with Gasteiger partial charge in [-0.1, -0.05) is 43.7 Å². The van der Waals surface area contributed by atoms with Gasteiger partial charge in [0.05, 0.1) is 0 Å². The number of hydrogen-bond acceptors (Lipinski definition) is 2. The molecule has 0 aromatic heterocycles. The number of aliphatic carboxylic acids is 1. The molecule has 3 nitrogen and oxygen atoms in total. The lowest BCUT2D eigenvalue weighted by Crippen LogP contribution is -2.51. The lowest BCUT2D eigenvalue weighted by Gasteiger charge is -2.37. The molecule has 100 valence electrons. The highest BCUT2D eigenvalue weighted by atomic mass is 16.4. The number of likely N-dealkylation sites (N-methyl/N-ethyl adjacent to an activating group) is 1. The van der Waals surface area contributed by atoms with Gasteiger partial charge in [-0.3, -0.25) is 9.69 Å². The SMILES string of the molecule is CCC(CC)(C(=O)O)N(C)Cc1ccc(C)cc1. The van der Waals surface area contributed by atoms with E-state index in [1.807, 2.05) is 32.7 Å². The van der Waals surface area contributed by atoms with Gasteiger partial charge in [0, 0.05) is 6.54 Å². The molecular weight excluding hydrogens is 226 g/mol. The van der Waals surface area contributed by atoms with Crippen molar-refractivity contribution in [2.45, 2.75) is 45.7 Å². The second-order valence-corrected chi connectivity index (χ2v) is 4.89. The quantitative estimate of drug-likeness (QED) is 0.842.